The minimum absolute atomic E-state index is 0.0353. The number of nitrogens with one attached hydrogen (secondary N) is 2. The first-order valence-electron chi connectivity index (χ1n) is 11.5. The van der Waals surface area contributed by atoms with E-state index in [1.807, 2.05) is 48.9 Å². The molecule has 2 amide bonds. The molecule has 4 rings (SSSR count). The SMILES string of the molecule is CCC(=O)Nc1c(C)nn(-c2ccccc2)c1N1CCC(C(=O)NC2CCS(=O)(=O)C2)CC1. The van der Waals surface area contributed by atoms with E-state index in [0.717, 1.165) is 17.2 Å². The van der Waals surface area contributed by atoms with Gasteiger partial charge in [0, 0.05) is 31.5 Å². The molecule has 9 nitrogen and oxygen atoms in total. The van der Waals surface area contributed by atoms with Crippen molar-refractivity contribution in [2.75, 3.05) is 34.8 Å². The number of para-hydroxylation sites is 1. The number of benzene rings is 1. The van der Waals surface area contributed by atoms with Crippen LogP contribution in [0.5, 0.6) is 0 Å². The third kappa shape index (κ3) is 5.21. The molecule has 2 aliphatic heterocycles. The molecule has 0 spiro atoms. The van der Waals surface area contributed by atoms with Crippen LogP contribution in [0.4, 0.5) is 11.5 Å². The molecule has 10 heteroatoms. The zero-order chi connectivity index (χ0) is 23.6. The number of piperidine rings is 1. The third-order valence-corrected chi connectivity index (χ3v) is 8.13. The van der Waals surface area contributed by atoms with E-state index in [-0.39, 0.29) is 35.3 Å². The van der Waals surface area contributed by atoms with Crippen molar-refractivity contribution in [2.45, 2.75) is 45.6 Å². The Morgan fingerprint density at radius 1 is 1.12 bits per heavy atom. The predicted octanol–water partition coefficient (Wildman–Crippen LogP) is 2.05. The minimum atomic E-state index is -3.03. The molecule has 0 aliphatic carbocycles. The van der Waals surface area contributed by atoms with E-state index in [4.69, 9.17) is 5.10 Å². The molecule has 1 unspecified atom stereocenters. The van der Waals surface area contributed by atoms with Gasteiger partial charge in [-0.3, -0.25) is 9.59 Å². The fraction of sp³-hybridized carbons (Fsp3) is 0.522. The molecule has 3 heterocycles. The van der Waals surface area contributed by atoms with Gasteiger partial charge in [0.2, 0.25) is 11.8 Å². The summed E-state index contributed by atoms with van der Waals surface area (Å²) in [4.78, 5) is 27.1. The fourth-order valence-corrected chi connectivity index (χ4v) is 6.19. The number of nitrogens with zero attached hydrogens (tertiary/aromatic N) is 3. The molecule has 2 aromatic rings. The quantitative estimate of drug-likeness (QED) is 0.664. The molecule has 0 bridgehead atoms. The second kappa shape index (κ2) is 9.54. The Balaban J connectivity index is 1.51. The first kappa shape index (κ1) is 23.3. The second-order valence-corrected chi connectivity index (χ2v) is 11.0. The van der Waals surface area contributed by atoms with E-state index in [1.54, 1.807) is 0 Å². The highest BCUT2D eigenvalue weighted by Gasteiger charge is 2.33. The van der Waals surface area contributed by atoms with Gasteiger partial charge >= 0.3 is 0 Å². The highest BCUT2D eigenvalue weighted by Crippen LogP contribution is 2.35. The lowest BCUT2D eigenvalue weighted by atomic mass is 9.95. The van der Waals surface area contributed by atoms with Crippen molar-refractivity contribution in [3.05, 3.63) is 36.0 Å². The van der Waals surface area contributed by atoms with Crippen LogP contribution in [-0.4, -0.2) is 60.6 Å². The van der Waals surface area contributed by atoms with Gasteiger partial charge in [-0.05, 0) is 38.3 Å². The van der Waals surface area contributed by atoms with Crippen molar-refractivity contribution in [3.8, 4) is 5.69 Å². The summed E-state index contributed by atoms with van der Waals surface area (Å²) in [5, 5.41) is 10.6. The number of amides is 2. The van der Waals surface area contributed by atoms with Crippen LogP contribution in [0.25, 0.3) is 5.69 Å². The number of carbonyl (C=O) groups is 2. The van der Waals surface area contributed by atoms with Gasteiger partial charge in [0.15, 0.2) is 15.7 Å². The van der Waals surface area contributed by atoms with Gasteiger partial charge in [-0.1, -0.05) is 25.1 Å². The van der Waals surface area contributed by atoms with Crippen LogP contribution >= 0.6 is 0 Å². The number of hydrogen-bond acceptors (Lipinski definition) is 6. The van der Waals surface area contributed by atoms with Gasteiger partial charge in [0.1, 0.15) is 5.69 Å². The number of carbonyl (C=O) groups excluding carboxylic acids is 2. The van der Waals surface area contributed by atoms with E-state index in [1.165, 1.54) is 0 Å². The maximum Gasteiger partial charge on any atom is 0.224 e. The summed E-state index contributed by atoms with van der Waals surface area (Å²) in [5.41, 5.74) is 2.33. The average molecular weight is 474 g/mol. The first-order valence-corrected chi connectivity index (χ1v) is 13.3. The molecule has 2 N–H and O–H groups in total. The Morgan fingerprint density at radius 2 is 1.82 bits per heavy atom. The van der Waals surface area contributed by atoms with Gasteiger partial charge in [0.05, 0.1) is 22.9 Å². The Kier molecular flexibility index (Phi) is 6.73. The third-order valence-electron chi connectivity index (χ3n) is 6.37. The minimum Gasteiger partial charge on any atom is -0.355 e. The molecule has 2 saturated heterocycles. The Morgan fingerprint density at radius 3 is 2.42 bits per heavy atom. The van der Waals surface area contributed by atoms with Crippen LogP contribution in [0.1, 0.15) is 38.3 Å². The molecule has 2 aliphatic rings. The largest absolute Gasteiger partial charge is 0.355 e. The van der Waals surface area contributed by atoms with Crippen molar-refractivity contribution >= 4 is 33.2 Å². The van der Waals surface area contributed by atoms with Gasteiger partial charge in [0.25, 0.3) is 0 Å². The summed E-state index contributed by atoms with van der Waals surface area (Å²) in [6.45, 7) is 4.96. The number of sulfone groups is 1. The highest BCUT2D eigenvalue weighted by atomic mass is 32.2. The Bertz CT molecular complexity index is 1120. The molecular weight excluding hydrogens is 442 g/mol. The van der Waals surface area contributed by atoms with Gasteiger partial charge < -0.3 is 15.5 Å². The summed E-state index contributed by atoms with van der Waals surface area (Å²) < 4.78 is 25.2. The molecule has 178 valence electrons. The van der Waals surface area contributed by atoms with Crippen molar-refractivity contribution in [2.24, 2.45) is 5.92 Å². The lowest BCUT2D eigenvalue weighted by Gasteiger charge is -2.34. The van der Waals surface area contributed by atoms with Crippen LogP contribution in [0.15, 0.2) is 30.3 Å². The average Bonchev–Trinajstić information content (AvgIpc) is 3.32. The summed E-state index contributed by atoms with van der Waals surface area (Å²) in [7, 11) is -3.03. The van der Waals surface area contributed by atoms with Crippen molar-refractivity contribution < 1.29 is 18.0 Å². The topological polar surface area (TPSA) is 113 Å². The molecule has 0 radical (unpaired) electrons. The zero-order valence-corrected chi connectivity index (χ0v) is 19.9. The normalized spacial score (nSPS) is 20.5. The van der Waals surface area contributed by atoms with Crippen LogP contribution in [-0.2, 0) is 19.4 Å². The maximum atomic E-state index is 12.8. The lowest BCUT2D eigenvalue weighted by molar-refractivity contribution is -0.126. The molecule has 2 fully saturated rings. The van der Waals surface area contributed by atoms with Crippen LogP contribution in [0, 0.1) is 12.8 Å². The smallest absolute Gasteiger partial charge is 0.224 e. The predicted molar refractivity (Wildman–Crippen MR) is 127 cm³/mol. The number of aromatic nitrogens is 2. The van der Waals surface area contributed by atoms with Crippen molar-refractivity contribution in [1.29, 1.82) is 0 Å². The number of hydrogen-bond donors (Lipinski definition) is 2. The second-order valence-electron chi connectivity index (χ2n) is 8.80. The fourth-order valence-electron chi connectivity index (χ4n) is 4.51. The maximum absolute atomic E-state index is 12.8. The molecular formula is C23H31N5O4S. The van der Waals surface area contributed by atoms with E-state index in [9.17, 15) is 18.0 Å². The lowest BCUT2D eigenvalue weighted by Crippen LogP contribution is -2.44. The van der Waals surface area contributed by atoms with E-state index in [0.29, 0.717) is 44.5 Å². The van der Waals surface area contributed by atoms with Gasteiger partial charge in [-0.25, -0.2) is 13.1 Å². The summed E-state index contributed by atoms with van der Waals surface area (Å²) >= 11 is 0. The first-order chi connectivity index (χ1) is 15.8. The monoisotopic (exact) mass is 473 g/mol. The van der Waals surface area contributed by atoms with Gasteiger partial charge in [-0.2, -0.15) is 5.10 Å². The summed E-state index contributed by atoms with van der Waals surface area (Å²) in [6.07, 6.45) is 2.15. The summed E-state index contributed by atoms with van der Waals surface area (Å²) in [5.74, 6) is 0.699. The van der Waals surface area contributed by atoms with E-state index < -0.39 is 9.84 Å². The van der Waals surface area contributed by atoms with E-state index in [2.05, 4.69) is 15.5 Å². The summed E-state index contributed by atoms with van der Waals surface area (Å²) in [6, 6.07) is 9.49. The van der Waals surface area contributed by atoms with Crippen molar-refractivity contribution in [1.82, 2.24) is 15.1 Å². The Labute approximate surface area is 194 Å². The number of rotatable bonds is 6. The van der Waals surface area contributed by atoms with Crippen molar-refractivity contribution in [3.63, 3.8) is 0 Å². The highest BCUT2D eigenvalue weighted by molar-refractivity contribution is 7.91. The molecule has 33 heavy (non-hydrogen) atoms. The number of aryl methyl sites for hydroxylation is 1. The number of anilines is 2. The van der Waals surface area contributed by atoms with E-state index >= 15 is 0 Å². The molecule has 0 saturated carbocycles. The molecule has 1 aromatic carbocycles. The van der Waals surface area contributed by atoms with Crippen LogP contribution in [0.3, 0.4) is 0 Å². The van der Waals surface area contributed by atoms with Crippen LogP contribution < -0.4 is 15.5 Å². The molecule has 1 aromatic heterocycles. The van der Waals surface area contributed by atoms with Crippen LogP contribution in [0.2, 0.25) is 0 Å². The standard InChI is InChI=1S/C23H31N5O4S/c1-3-20(29)25-21-16(2)26-28(19-7-5-4-6-8-19)23(21)27-12-9-17(10-13-27)22(30)24-18-11-14-33(31,32)15-18/h4-8,17-18H,3,9-15H2,1-2H3,(H,24,30)(H,25,29). The Hall–Kier alpha value is -2.88. The zero-order valence-electron chi connectivity index (χ0n) is 19.1. The molecule has 1 atom stereocenters. The van der Waals surface area contributed by atoms with Gasteiger partial charge in [-0.15, -0.1) is 0 Å².